The number of rotatable bonds is 6. The number of halogens is 1. The van der Waals surface area contributed by atoms with Gasteiger partial charge in [-0.15, -0.1) is 0 Å². The summed E-state index contributed by atoms with van der Waals surface area (Å²) in [4.78, 5) is 4.93. The van der Waals surface area contributed by atoms with Crippen molar-refractivity contribution in [1.29, 1.82) is 0 Å². The molecule has 1 N–H and O–H groups in total. The van der Waals surface area contributed by atoms with Gasteiger partial charge in [0.15, 0.2) is 0 Å². The molecule has 0 aromatic rings. The number of alkyl halides is 1. The lowest BCUT2D eigenvalue weighted by Gasteiger charge is -2.17. The molecule has 0 saturated heterocycles. The van der Waals surface area contributed by atoms with E-state index in [2.05, 4.69) is 52.2 Å². The zero-order valence-electron chi connectivity index (χ0n) is 9.67. The zero-order valence-corrected chi connectivity index (χ0v) is 11.3. The topological polar surface area (TPSA) is 24.4 Å². The lowest BCUT2D eigenvalue weighted by molar-refractivity contribution is 0.490. The number of hydrogen-bond donors (Lipinski definition) is 1. The molecule has 2 unspecified atom stereocenters. The van der Waals surface area contributed by atoms with E-state index in [1.54, 1.807) is 0 Å². The van der Waals surface area contributed by atoms with E-state index in [9.17, 15) is 0 Å². The highest BCUT2D eigenvalue weighted by Gasteiger charge is 2.08. The molecule has 0 spiro atoms. The van der Waals surface area contributed by atoms with Gasteiger partial charge in [0.2, 0.25) is 0 Å². The van der Waals surface area contributed by atoms with Crippen molar-refractivity contribution in [2.24, 2.45) is 4.99 Å². The third-order valence-electron chi connectivity index (χ3n) is 2.67. The minimum atomic E-state index is 0.430. The van der Waals surface area contributed by atoms with Crippen LogP contribution in [-0.2, 0) is 0 Å². The smallest absolute Gasteiger partial charge is 0.0553 e. The first kappa shape index (κ1) is 12.9. The van der Waals surface area contributed by atoms with Crippen molar-refractivity contribution in [2.45, 2.75) is 44.0 Å². The van der Waals surface area contributed by atoms with E-state index in [1.165, 1.54) is 25.0 Å². The van der Waals surface area contributed by atoms with Gasteiger partial charge in [-0.05, 0) is 18.9 Å². The molecule has 2 atom stereocenters. The van der Waals surface area contributed by atoms with E-state index in [4.69, 9.17) is 0 Å². The maximum Gasteiger partial charge on any atom is 0.0553 e. The summed E-state index contributed by atoms with van der Waals surface area (Å²) in [5, 5.41) is 3.56. The average molecular weight is 273 g/mol. The van der Waals surface area contributed by atoms with Gasteiger partial charge < -0.3 is 5.32 Å². The maximum absolute atomic E-state index is 4.50. The van der Waals surface area contributed by atoms with E-state index in [0.29, 0.717) is 10.9 Å². The number of aliphatic imine (C=N–C) groups is 1. The Bertz CT molecular complexity index is 236. The Hall–Kier alpha value is -0.150. The zero-order chi connectivity index (χ0) is 11.1. The SMILES string of the molecule is CCCC(CC)NCC1=NCC(Br)C=C1. The van der Waals surface area contributed by atoms with Crippen molar-refractivity contribution in [1.82, 2.24) is 5.32 Å². The van der Waals surface area contributed by atoms with Crippen LogP contribution in [0.2, 0.25) is 0 Å². The van der Waals surface area contributed by atoms with E-state index >= 15 is 0 Å². The maximum atomic E-state index is 4.50. The predicted molar refractivity (Wildman–Crippen MR) is 71.1 cm³/mol. The van der Waals surface area contributed by atoms with Crippen LogP contribution in [0.3, 0.4) is 0 Å². The molecule has 15 heavy (non-hydrogen) atoms. The van der Waals surface area contributed by atoms with E-state index in [1.807, 2.05) is 0 Å². The Kier molecular flexibility index (Phi) is 6.18. The summed E-state index contributed by atoms with van der Waals surface area (Å²) in [5.41, 5.74) is 1.18. The van der Waals surface area contributed by atoms with Crippen LogP contribution in [0.15, 0.2) is 17.1 Å². The van der Waals surface area contributed by atoms with Gasteiger partial charge >= 0.3 is 0 Å². The van der Waals surface area contributed by atoms with E-state index in [-0.39, 0.29) is 0 Å². The first-order valence-electron chi connectivity index (χ1n) is 5.85. The molecule has 3 heteroatoms. The molecule has 2 nitrogen and oxygen atoms in total. The van der Waals surface area contributed by atoms with Gasteiger partial charge in [0.05, 0.1) is 11.4 Å². The summed E-state index contributed by atoms with van der Waals surface area (Å²) in [5.74, 6) is 0. The minimum Gasteiger partial charge on any atom is -0.308 e. The molecule has 0 fully saturated rings. The first-order chi connectivity index (χ1) is 7.26. The molecule has 0 saturated carbocycles. The van der Waals surface area contributed by atoms with Crippen LogP contribution in [0, 0.1) is 0 Å². The van der Waals surface area contributed by atoms with Gasteiger partial charge in [-0.3, -0.25) is 4.99 Å². The van der Waals surface area contributed by atoms with Crippen molar-refractivity contribution < 1.29 is 0 Å². The predicted octanol–water partition coefficient (Wildman–Crippen LogP) is 2.93. The Morgan fingerprint density at radius 2 is 2.40 bits per heavy atom. The molecular weight excluding hydrogens is 252 g/mol. The van der Waals surface area contributed by atoms with Crippen molar-refractivity contribution in [3.63, 3.8) is 0 Å². The lowest BCUT2D eigenvalue weighted by atomic mass is 10.1. The first-order valence-corrected chi connectivity index (χ1v) is 6.76. The fourth-order valence-corrected chi connectivity index (χ4v) is 1.99. The summed E-state index contributed by atoms with van der Waals surface area (Å²) in [6, 6.07) is 0.646. The Morgan fingerprint density at radius 1 is 1.60 bits per heavy atom. The van der Waals surface area contributed by atoms with E-state index < -0.39 is 0 Å². The van der Waals surface area contributed by atoms with Crippen LogP contribution in [-0.4, -0.2) is 29.7 Å². The fraction of sp³-hybridized carbons (Fsp3) is 0.750. The molecule has 1 aliphatic rings. The molecule has 0 bridgehead atoms. The second-order valence-corrected chi connectivity index (χ2v) is 5.16. The monoisotopic (exact) mass is 272 g/mol. The minimum absolute atomic E-state index is 0.430. The van der Waals surface area contributed by atoms with Crippen molar-refractivity contribution in [2.75, 3.05) is 13.1 Å². The standard InChI is InChI=1S/C12H21BrN2/c1-3-5-11(4-2)15-9-12-7-6-10(13)8-14-12/h6-7,10-11,15H,3-5,8-9H2,1-2H3. The highest BCUT2D eigenvalue weighted by Crippen LogP contribution is 2.07. The highest BCUT2D eigenvalue weighted by atomic mass is 79.9. The molecule has 1 heterocycles. The number of dihydropyridines is 1. The third-order valence-corrected chi connectivity index (χ3v) is 3.26. The molecule has 0 aliphatic carbocycles. The molecule has 1 rings (SSSR count). The number of nitrogens with one attached hydrogen (secondary N) is 1. The summed E-state index contributed by atoms with van der Waals surface area (Å²) in [6.45, 7) is 6.25. The number of nitrogens with zero attached hydrogens (tertiary/aromatic N) is 1. The molecule has 0 amide bonds. The van der Waals surface area contributed by atoms with Gasteiger partial charge in [0.25, 0.3) is 0 Å². The van der Waals surface area contributed by atoms with Gasteiger partial charge in [0.1, 0.15) is 0 Å². The molecule has 1 aliphatic heterocycles. The Labute approximate surface area is 101 Å². The fourth-order valence-electron chi connectivity index (χ4n) is 1.70. The molecule has 0 aromatic heterocycles. The third kappa shape index (κ3) is 4.94. The molecule has 86 valence electrons. The van der Waals surface area contributed by atoms with Crippen LogP contribution < -0.4 is 5.32 Å². The summed E-state index contributed by atoms with van der Waals surface area (Å²) in [6.07, 6.45) is 8.00. The van der Waals surface area contributed by atoms with Gasteiger partial charge in [0, 0.05) is 18.3 Å². The van der Waals surface area contributed by atoms with Crippen molar-refractivity contribution >= 4 is 21.6 Å². The van der Waals surface area contributed by atoms with E-state index in [0.717, 1.165) is 13.1 Å². The van der Waals surface area contributed by atoms with Crippen LogP contribution >= 0.6 is 15.9 Å². The highest BCUT2D eigenvalue weighted by molar-refractivity contribution is 9.09. The largest absolute Gasteiger partial charge is 0.308 e. The molecule has 0 aromatic carbocycles. The Balaban J connectivity index is 2.27. The summed E-state index contributed by atoms with van der Waals surface area (Å²) in [7, 11) is 0. The average Bonchev–Trinajstić information content (AvgIpc) is 2.26. The number of hydrogen-bond acceptors (Lipinski definition) is 2. The second-order valence-electron chi connectivity index (χ2n) is 3.98. The Morgan fingerprint density at radius 3 is 2.93 bits per heavy atom. The van der Waals surface area contributed by atoms with Gasteiger partial charge in [-0.25, -0.2) is 0 Å². The van der Waals surface area contributed by atoms with Gasteiger partial charge in [-0.2, -0.15) is 0 Å². The quantitative estimate of drug-likeness (QED) is 0.739. The van der Waals surface area contributed by atoms with Crippen molar-refractivity contribution in [3.8, 4) is 0 Å². The normalized spacial score (nSPS) is 22.6. The van der Waals surface area contributed by atoms with Crippen LogP contribution in [0.5, 0.6) is 0 Å². The van der Waals surface area contributed by atoms with Crippen LogP contribution in [0.25, 0.3) is 0 Å². The summed E-state index contributed by atoms with van der Waals surface area (Å²) < 4.78 is 0. The molecule has 0 radical (unpaired) electrons. The second kappa shape index (κ2) is 7.18. The molecular formula is C12H21BrN2. The lowest BCUT2D eigenvalue weighted by Crippen LogP contribution is -2.33. The summed E-state index contributed by atoms with van der Waals surface area (Å²) >= 11 is 3.52. The van der Waals surface area contributed by atoms with Crippen LogP contribution in [0.4, 0.5) is 0 Å². The van der Waals surface area contributed by atoms with Crippen molar-refractivity contribution in [3.05, 3.63) is 12.2 Å². The van der Waals surface area contributed by atoms with Crippen LogP contribution in [0.1, 0.15) is 33.1 Å². The van der Waals surface area contributed by atoms with Gasteiger partial charge in [-0.1, -0.05) is 42.3 Å².